The molecule has 2 N–H and O–H groups in total. The van der Waals surface area contributed by atoms with Crippen LogP contribution in [0, 0.1) is 17.2 Å². The maximum Gasteiger partial charge on any atom is 0.100 e. The Bertz CT molecular complexity index is 427. The van der Waals surface area contributed by atoms with E-state index in [1.165, 1.54) is 0 Å². The van der Waals surface area contributed by atoms with Crippen LogP contribution in [0.4, 0.5) is 0 Å². The first-order valence-corrected chi connectivity index (χ1v) is 7.63. The predicted octanol–water partition coefficient (Wildman–Crippen LogP) is 2.78. The summed E-state index contributed by atoms with van der Waals surface area (Å²) in [4.78, 5) is 1.00. The third-order valence-corrected chi connectivity index (χ3v) is 3.77. The minimum Gasteiger partial charge on any atom is -0.396 e. The third kappa shape index (κ3) is 6.11. The minimum atomic E-state index is 0.200. The fraction of sp³-hybridized carbons (Fsp3) is 0.533. The molecule has 0 heterocycles. The van der Waals surface area contributed by atoms with Gasteiger partial charge in [-0.3, -0.25) is 0 Å². The Balaban J connectivity index is 2.60. The van der Waals surface area contributed by atoms with E-state index >= 15 is 0 Å². The van der Waals surface area contributed by atoms with E-state index in [2.05, 4.69) is 31.3 Å². The van der Waals surface area contributed by atoms with Gasteiger partial charge in [-0.05, 0) is 36.6 Å². The van der Waals surface area contributed by atoms with Gasteiger partial charge in [0.2, 0.25) is 0 Å². The molecule has 19 heavy (non-hydrogen) atoms. The molecule has 0 unspecified atom stereocenters. The van der Waals surface area contributed by atoms with Crippen molar-refractivity contribution in [2.45, 2.75) is 31.7 Å². The van der Waals surface area contributed by atoms with Crippen molar-refractivity contribution in [3.05, 3.63) is 29.3 Å². The Morgan fingerprint density at radius 2 is 2.21 bits per heavy atom. The summed E-state index contributed by atoms with van der Waals surface area (Å²) in [6.45, 7) is 6.33. The van der Waals surface area contributed by atoms with Crippen LogP contribution in [0.1, 0.15) is 31.4 Å². The zero-order valence-electron chi connectivity index (χ0n) is 11.6. The van der Waals surface area contributed by atoms with Gasteiger partial charge in [-0.15, -0.1) is 11.8 Å². The van der Waals surface area contributed by atoms with Crippen LogP contribution in [0.25, 0.3) is 0 Å². The summed E-state index contributed by atoms with van der Waals surface area (Å²) in [6.07, 6.45) is 0.757. The van der Waals surface area contributed by atoms with E-state index in [-0.39, 0.29) is 6.61 Å². The monoisotopic (exact) mass is 278 g/mol. The average Bonchev–Trinajstić information content (AvgIpc) is 2.39. The molecule has 0 saturated carbocycles. The number of nitrogens with zero attached hydrogens (tertiary/aromatic N) is 1. The van der Waals surface area contributed by atoms with Gasteiger partial charge in [-0.2, -0.15) is 5.26 Å². The van der Waals surface area contributed by atoms with Gasteiger partial charge >= 0.3 is 0 Å². The van der Waals surface area contributed by atoms with Crippen molar-refractivity contribution in [3.8, 4) is 6.07 Å². The molecule has 0 aliphatic rings. The highest BCUT2D eigenvalue weighted by Gasteiger charge is 2.04. The van der Waals surface area contributed by atoms with Crippen molar-refractivity contribution in [1.29, 1.82) is 5.26 Å². The molecular weight excluding hydrogens is 256 g/mol. The van der Waals surface area contributed by atoms with Crippen LogP contribution in [0.5, 0.6) is 0 Å². The highest BCUT2D eigenvalue weighted by Crippen LogP contribution is 2.24. The van der Waals surface area contributed by atoms with Crippen molar-refractivity contribution in [2.75, 3.05) is 18.9 Å². The van der Waals surface area contributed by atoms with Crippen LogP contribution < -0.4 is 5.32 Å². The van der Waals surface area contributed by atoms with Crippen LogP contribution in [0.15, 0.2) is 23.1 Å². The highest BCUT2D eigenvalue weighted by molar-refractivity contribution is 7.99. The zero-order chi connectivity index (χ0) is 14.1. The molecule has 0 aliphatic heterocycles. The maximum atomic E-state index is 9.18. The quantitative estimate of drug-likeness (QED) is 0.567. The Hall–Kier alpha value is -1.02. The number of nitriles is 1. The van der Waals surface area contributed by atoms with E-state index < -0.39 is 0 Å². The molecule has 0 radical (unpaired) electrons. The number of hydrogen-bond donors (Lipinski definition) is 2. The number of aliphatic hydroxyl groups excluding tert-OH is 1. The van der Waals surface area contributed by atoms with E-state index in [1.807, 2.05) is 12.1 Å². The lowest BCUT2D eigenvalue weighted by molar-refractivity contribution is 0.296. The second kappa shape index (κ2) is 8.98. The predicted molar refractivity (Wildman–Crippen MR) is 80.1 cm³/mol. The van der Waals surface area contributed by atoms with Crippen LogP contribution in [0.3, 0.4) is 0 Å². The Morgan fingerprint density at radius 1 is 1.42 bits per heavy atom. The van der Waals surface area contributed by atoms with Crippen molar-refractivity contribution in [3.63, 3.8) is 0 Å². The van der Waals surface area contributed by atoms with E-state index in [9.17, 15) is 5.26 Å². The molecule has 0 fully saturated rings. The first kappa shape index (κ1) is 16.0. The van der Waals surface area contributed by atoms with E-state index in [1.54, 1.807) is 11.8 Å². The SMILES string of the molecule is CC(C)CNCc1ccc(SCCCO)c(C#N)c1. The van der Waals surface area contributed by atoms with Crippen LogP contribution in [0.2, 0.25) is 0 Å². The van der Waals surface area contributed by atoms with Gasteiger partial charge in [0.15, 0.2) is 0 Å². The molecule has 1 aromatic carbocycles. The number of aliphatic hydroxyl groups is 1. The summed E-state index contributed by atoms with van der Waals surface area (Å²) in [6, 6.07) is 8.28. The Labute approximate surface area is 120 Å². The molecule has 1 rings (SSSR count). The molecule has 0 aliphatic carbocycles. The summed E-state index contributed by atoms with van der Waals surface area (Å²) < 4.78 is 0. The topological polar surface area (TPSA) is 56.0 Å². The fourth-order valence-corrected chi connectivity index (χ4v) is 2.57. The molecule has 1 aromatic rings. The number of hydrogen-bond acceptors (Lipinski definition) is 4. The lowest BCUT2D eigenvalue weighted by Crippen LogP contribution is -2.18. The molecule has 0 aromatic heterocycles. The van der Waals surface area contributed by atoms with Crippen LogP contribution >= 0.6 is 11.8 Å². The summed E-state index contributed by atoms with van der Waals surface area (Å²) in [5.74, 6) is 1.47. The summed E-state index contributed by atoms with van der Waals surface area (Å²) in [7, 11) is 0. The van der Waals surface area contributed by atoms with Gasteiger partial charge in [0, 0.05) is 23.8 Å². The molecule has 0 saturated heterocycles. The summed E-state index contributed by atoms with van der Waals surface area (Å²) >= 11 is 1.63. The molecule has 0 spiro atoms. The summed E-state index contributed by atoms with van der Waals surface area (Å²) in [5, 5.41) is 21.3. The van der Waals surface area contributed by atoms with Gasteiger partial charge in [-0.25, -0.2) is 0 Å². The highest BCUT2D eigenvalue weighted by atomic mass is 32.2. The van der Waals surface area contributed by atoms with Crippen molar-refractivity contribution in [2.24, 2.45) is 5.92 Å². The van der Waals surface area contributed by atoms with Crippen molar-refractivity contribution in [1.82, 2.24) is 5.32 Å². The van der Waals surface area contributed by atoms with Gasteiger partial charge in [0.25, 0.3) is 0 Å². The van der Waals surface area contributed by atoms with E-state index in [0.29, 0.717) is 5.92 Å². The average molecular weight is 278 g/mol. The van der Waals surface area contributed by atoms with E-state index in [0.717, 1.165) is 41.3 Å². The number of nitrogens with one attached hydrogen (secondary N) is 1. The molecule has 3 nitrogen and oxygen atoms in total. The second-order valence-corrected chi connectivity index (χ2v) is 6.03. The van der Waals surface area contributed by atoms with Gasteiger partial charge in [-0.1, -0.05) is 19.9 Å². The van der Waals surface area contributed by atoms with Crippen molar-refractivity contribution >= 4 is 11.8 Å². The normalized spacial score (nSPS) is 10.7. The number of rotatable bonds is 8. The van der Waals surface area contributed by atoms with Crippen molar-refractivity contribution < 1.29 is 5.11 Å². The largest absolute Gasteiger partial charge is 0.396 e. The smallest absolute Gasteiger partial charge is 0.100 e. The van der Waals surface area contributed by atoms with Crippen LogP contribution in [-0.4, -0.2) is 24.0 Å². The molecule has 0 atom stereocenters. The van der Waals surface area contributed by atoms with Gasteiger partial charge < -0.3 is 10.4 Å². The summed E-state index contributed by atoms with van der Waals surface area (Å²) in [5.41, 5.74) is 1.87. The molecule has 0 bridgehead atoms. The van der Waals surface area contributed by atoms with E-state index in [4.69, 9.17) is 5.11 Å². The fourth-order valence-electron chi connectivity index (χ4n) is 1.65. The Kier molecular flexibility index (Phi) is 7.57. The third-order valence-electron chi connectivity index (χ3n) is 2.61. The van der Waals surface area contributed by atoms with Gasteiger partial charge in [0.05, 0.1) is 5.56 Å². The first-order chi connectivity index (χ1) is 9.17. The first-order valence-electron chi connectivity index (χ1n) is 6.64. The lowest BCUT2D eigenvalue weighted by Gasteiger charge is -2.09. The maximum absolute atomic E-state index is 9.18. The molecule has 4 heteroatoms. The zero-order valence-corrected chi connectivity index (χ0v) is 12.5. The van der Waals surface area contributed by atoms with Gasteiger partial charge in [0.1, 0.15) is 6.07 Å². The molecule has 0 amide bonds. The Morgan fingerprint density at radius 3 is 2.84 bits per heavy atom. The number of benzene rings is 1. The minimum absolute atomic E-state index is 0.200. The second-order valence-electron chi connectivity index (χ2n) is 4.89. The molecule has 104 valence electrons. The standard InChI is InChI=1S/C15H22N2OS/c1-12(2)10-17-11-13-4-5-15(14(8-13)9-16)19-7-3-6-18/h4-5,8,12,17-18H,3,6-7,10-11H2,1-2H3. The van der Waals surface area contributed by atoms with Crippen LogP contribution in [-0.2, 0) is 6.54 Å². The lowest BCUT2D eigenvalue weighted by atomic mass is 10.1. The molecular formula is C15H22N2OS. The number of thioether (sulfide) groups is 1.